The van der Waals surface area contributed by atoms with Gasteiger partial charge < -0.3 is 15.7 Å². The minimum Gasteiger partial charge on any atom is -0.402 e. The average Bonchev–Trinajstić information content (AvgIpc) is 3.28. The van der Waals surface area contributed by atoms with E-state index >= 15 is 0 Å². The Kier molecular flexibility index (Phi) is 4.66. The molecule has 0 unspecified atom stereocenters. The van der Waals surface area contributed by atoms with Gasteiger partial charge in [0.1, 0.15) is 10.5 Å². The summed E-state index contributed by atoms with van der Waals surface area (Å²) in [5.41, 5.74) is 10.1. The maximum absolute atomic E-state index is 13.0. The molecule has 4 heterocycles. The predicted molar refractivity (Wildman–Crippen MR) is 112 cm³/mol. The monoisotopic (exact) mass is 463 g/mol. The largest absolute Gasteiger partial charge is 0.402 e. The SMILES string of the molecule is Cn1c2nc(CC(N)=CC=N)sc2c2cnn(Cc3ncsc3Br)c(=O)c21. The quantitative estimate of drug-likeness (QED) is 0.441. The lowest BCUT2D eigenvalue weighted by Crippen LogP contribution is -2.24. The molecule has 4 rings (SSSR count). The fraction of sp³-hybridized carbons (Fsp3) is 0.188. The van der Waals surface area contributed by atoms with Crippen LogP contribution in [0.3, 0.4) is 0 Å². The van der Waals surface area contributed by atoms with Crippen LogP contribution in [0.4, 0.5) is 0 Å². The van der Waals surface area contributed by atoms with Gasteiger partial charge in [0.2, 0.25) is 0 Å². The number of aryl methyl sites for hydroxylation is 1. The molecule has 4 aromatic rings. The Morgan fingerprint density at radius 2 is 2.30 bits per heavy atom. The molecule has 27 heavy (non-hydrogen) atoms. The minimum atomic E-state index is -0.176. The molecular weight excluding hydrogens is 450 g/mol. The zero-order valence-electron chi connectivity index (χ0n) is 14.1. The van der Waals surface area contributed by atoms with Gasteiger partial charge in [-0.1, -0.05) is 0 Å². The van der Waals surface area contributed by atoms with Gasteiger partial charge in [0, 0.05) is 30.8 Å². The van der Waals surface area contributed by atoms with Gasteiger partial charge in [-0.2, -0.15) is 5.10 Å². The van der Waals surface area contributed by atoms with E-state index in [4.69, 9.17) is 11.1 Å². The fourth-order valence-corrected chi connectivity index (χ4v) is 5.01. The van der Waals surface area contributed by atoms with E-state index in [0.717, 1.165) is 36.4 Å². The molecule has 0 radical (unpaired) electrons. The summed E-state index contributed by atoms with van der Waals surface area (Å²) in [5, 5.41) is 13.0. The van der Waals surface area contributed by atoms with Gasteiger partial charge >= 0.3 is 0 Å². The van der Waals surface area contributed by atoms with Crippen LogP contribution in [0.2, 0.25) is 0 Å². The number of fused-ring (bicyclic) bond motifs is 3. The molecule has 138 valence electrons. The molecule has 0 spiro atoms. The van der Waals surface area contributed by atoms with E-state index < -0.39 is 0 Å². The molecule has 4 aromatic heterocycles. The summed E-state index contributed by atoms with van der Waals surface area (Å²) < 4.78 is 5.03. The molecule has 11 heteroatoms. The summed E-state index contributed by atoms with van der Waals surface area (Å²) >= 11 is 6.40. The Labute approximate surface area is 169 Å². The van der Waals surface area contributed by atoms with Crippen molar-refractivity contribution in [1.82, 2.24) is 24.3 Å². The zero-order valence-corrected chi connectivity index (χ0v) is 17.4. The van der Waals surface area contributed by atoms with Crippen molar-refractivity contribution in [3.63, 3.8) is 0 Å². The fourth-order valence-electron chi connectivity index (χ4n) is 2.86. The second kappa shape index (κ2) is 6.98. The molecule has 0 aromatic carbocycles. The molecule has 0 aliphatic rings. The zero-order chi connectivity index (χ0) is 19.1. The van der Waals surface area contributed by atoms with Crippen molar-refractivity contribution in [2.75, 3.05) is 0 Å². The van der Waals surface area contributed by atoms with Crippen molar-refractivity contribution >= 4 is 66.1 Å². The summed E-state index contributed by atoms with van der Waals surface area (Å²) in [6.07, 6.45) is 4.88. The van der Waals surface area contributed by atoms with Gasteiger partial charge in [-0.25, -0.2) is 14.6 Å². The highest BCUT2D eigenvalue weighted by Gasteiger charge is 2.19. The highest BCUT2D eigenvalue weighted by molar-refractivity contribution is 9.11. The first-order valence-electron chi connectivity index (χ1n) is 7.86. The highest BCUT2D eigenvalue weighted by atomic mass is 79.9. The summed E-state index contributed by atoms with van der Waals surface area (Å²) in [5.74, 6) is 0. The van der Waals surface area contributed by atoms with Crippen molar-refractivity contribution in [3.05, 3.63) is 48.3 Å². The normalized spacial score (nSPS) is 12.3. The first-order chi connectivity index (χ1) is 13.0. The van der Waals surface area contributed by atoms with Crippen LogP contribution < -0.4 is 11.3 Å². The third-order valence-corrected chi connectivity index (χ3v) is 6.86. The van der Waals surface area contributed by atoms with Crippen molar-refractivity contribution in [3.8, 4) is 0 Å². The molecule has 0 aliphatic carbocycles. The Bertz CT molecular complexity index is 1260. The first-order valence-corrected chi connectivity index (χ1v) is 10.4. The van der Waals surface area contributed by atoms with Crippen molar-refractivity contribution in [1.29, 1.82) is 5.41 Å². The average molecular weight is 464 g/mol. The molecule has 0 fully saturated rings. The van der Waals surface area contributed by atoms with Gasteiger partial charge in [0.15, 0.2) is 5.65 Å². The van der Waals surface area contributed by atoms with Crippen molar-refractivity contribution in [2.45, 2.75) is 13.0 Å². The smallest absolute Gasteiger partial charge is 0.291 e. The molecule has 3 N–H and O–H groups in total. The van der Waals surface area contributed by atoms with Gasteiger partial charge in [-0.15, -0.1) is 22.7 Å². The summed E-state index contributed by atoms with van der Waals surface area (Å²) in [6, 6.07) is 0. The molecule has 0 saturated carbocycles. The van der Waals surface area contributed by atoms with E-state index in [1.807, 2.05) is 7.05 Å². The highest BCUT2D eigenvalue weighted by Crippen LogP contribution is 2.31. The van der Waals surface area contributed by atoms with E-state index in [0.29, 0.717) is 24.2 Å². The standard InChI is InChI=1S/C16H14BrN7OS2/c1-23-12-9(13-15(23)22-11(27-13)4-8(19)2-3-18)5-21-24(16(12)25)6-10-14(17)26-7-20-10/h2-3,5,7,18H,4,6,19H2,1H3. The summed E-state index contributed by atoms with van der Waals surface area (Å²) in [7, 11) is 1.83. The topological polar surface area (TPSA) is 115 Å². The molecular formula is C16H14BrN7OS2. The maximum atomic E-state index is 13.0. The number of rotatable bonds is 5. The van der Waals surface area contributed by atoms with Crippen molar-refractivity contribution < 1.29 is 0 Å². The number of allylic oxidation sites excluding steroid dienone is 2. The molecule has 0 bridgehead atoms. The summed E-state index contributed by atoms with van der Waals surface area (Å²) in [4.78, 5) is 21.9. The van der Waals surface area contributed by atoms with Crippen LogP contribution in [-0.2, 0) is 20.0 Å². The predicted octanol–water partition coefficient (Wildman–Crippen LogP) is 2.65. The maximum Gasteiger partial charge on any atom is 0.291 e. The van der Waals surface area contributed by atoms with Crippen LogP contribution in [0.1, 0.15) is 10.7 Å². The second-order valence-electron chi connectivity index (χ2n) is 5.85. The van der Waals surface area contributed by atoms with Gasteiger partial charge in [0.25, 0.3) is 5.56 Å². The molecule has 0 saturated heterocycles. The lowest BCUT2D eigenvalue weighted by atomic mass is 10.3. The number of nitrogens with one attached hydrogen (secondary N) is 1. The molecule has 8 nitrogen and oxygen atoms in total. The van der Waals surface area contributed by atoms with Crippen LogP contribution in [-0.4, -0.2) is 30.5 Å². The first kappa shape index (κ1) is 18.0. The van der Waals surface area contributed by atoms with E-state index in [1.54, 1.807) is 22.4 Å². The number of hydrogen-bond donors (Lipinski definition) is 2. The van der Waals surface area contributed by atoms with Crippen LogP contribution in [0, 0.1) is 5.41 Å². The van der Waals surface area contributed by atoms with Crippen LogP contribution >= 0.6 is 38.6 Å². The third kappa shape index (κ3) is 3.11. The van der Waals surface area contributed by atoms with Crippen LogP contribution in [0.5, 0.6) is 0 Å². The molecule has 0 amide bonds. The van der Waals surface area contributed by atoms with E-state index in [1.165, 1.54) is 27.4 Å². The Morgan fingerprint density at radius 3 is 3.00 bits per heavy atom. The Hall–Kier alpha value is -2.37. The number of nitrogens with zero attached hydrogens (tertiary/aromatic N) is 5. The third-order valence-electron chi connectivity index (χ3n) is 4.11. The van der Waals surface area contributed by atoms with Gasteiger partial charge in [-0.05, 0) is 22.0 Å². The Balaban J connectivity index is 1.81. The number of halogens is 1. The van der Waals surface area contributed by atoms with E-state index in [2.05, 4.69) is 31.0 Å². The summed E-state index contributed by atoms with van der Waals surface area (Å²) in [6.45, 7) is 0.307. The number of nitrogens with two attached hydrogens (primary N) is 1. The lowest BCUT2D eigenvalue weighted by Gasteiger charge is -2.04. The lowest BCUT2D eigenvalue weighted by molar-refractivity contribution is 0.633. The number of hydrogen-bond acceptors (Lipinski definition) is 8. The Morgan fingerprint density at radius 1 is 1.48 bits per heavy atom. The van der Waals surface area contributed by atoms with Crippen LogP contribution in [0.25, 0.3) is 21.3 Å². The van der Waals surface area contributed by atoms with Gasteiger partial charge in [0.05, 0.1) is 32.4 Å². The molecule has 0 atom stereocenters. The van der Waals surface area contributed by atoms with E-state index in [-0.39, 0.29) is 5.56 Å². The second-order valence-corrected chi connectivity index (χ2v) is 9.10. The number of thiazole rings is 2. The van der Waals surface area contributed by atoms with Gasteiger partial charge in [-0.3, -0.25) is 4.79 Å². The van der Waals surface area contributed by atoms with Crippen molar-refractivity contribution in [2.24, 2.45) is 12.8 Å². The number of aromatic nitrogens is 5. The minimum absolute atomic E-state index is 0.176. The molecule has 0 aliphatic heterocycles. The van der Waals surface area contributed by atoms with Crippen LogP contribution in [0.15, 0.2) is 32.1 Å². The van der Waals surface area contributed by atoms with E-state index in [9.17, 15) is 4.79 Å².